The number of hydrogen-bond donors (Lipinski definition) is 2. The van der Waals surface area contributed by atoms with Gasteiger partial charge in [-0.25, -0.2) is 0 Å². The average molecular weight is 363 g/mol. The molecular formula is C16H24F3N3OS. The lowest BCUT2D eigenvalue weighted by atomic mass is 10.2. The number of hydrogen-bond acceptors (Lipinski definition) is 3. The molecule has 24 heavy (non-hydrogen) atoms. The molecule has 0 saturated carbocycles. The maximum Gasteiger partial charge on any atom is 0.573 e. The first-order valence-corrected chi connectivity index (χ1v) is 8.15. The minimum atomic E-state index is -4.69. The highest BCUT2D eigenvalue weighted by Crippen LogP contribution is 2.23. The molecule has 136 valence electrons. The van der Waals surface area contributed by atoms with Crippen molar-refractivity contribution >= 4 is 23.0 Å². The highest BCUT2D eigenvalue weighted by atomic mass is 32.1. The van der Waals surface area contributed by atoms with E-state index in [0.29, 0.717) is 29.4 Å². The lowest BCUT2D eigenvalue weighted by molar-refractivity contribution is -0.274. The molecule has 0 aromatic heterocycles. The standard InChI is InChI=1S/C16H24F3N3OS/c1-11(2)22(12(3)4)10-9-20-15(24)21-13-5-7-14(8-6-13)23-16(17,18)19/h5-8,11-12H,9-10H2,1-4H3,(H2,20,21,24). The van der Waals surface area contributed by atoms with Crippen molar-refractivity contribution in [1.29, 1.82) is 0 Å². The van der Waals surface area contributed by atoms with Crippen LogP contribution in [0, 0.1) is 0 Å². The fourth-order valence-corrected chi connectivity index (χ4v) is 2.55. The third kappa shape index (κ3) is 7.83. The quantitative estimate of drug-likeness (QED) is 0.717. The van der Waals surface area contributed by atoms with E-state index in [1.165, 1.54) is 24.3 Å². The van der Waals surface area contributed by atoms with E-state index in [9.17, 15) is 13.2 Å². The van der Waals surface area contributed by atoms with Crippen LogP contribution < -0.4 is 15.4 Å². The Morgan fingerprint density at radius 3 is 2.12 bits per heavy atom. The third-order valence-electron chi connectivity index (χ3n) is 3.33. The summed E-state index contributed by atoms with van der Waals surface area (Å²) in [5, 5.41) is 6.44. The number of rotatable bonds is 7. The Morgan fingerprint density at radius 1 is 1.12 bits per heavy atom. The largest absolute Gasteiger partial charge is 0.573 e. The summed E-state index contributed by atoms with van der Waals surface area (Å²) in [6.07, 6.45) is -4.69. The molecule has 0 aliphatic heterocycles. The van der Waals surface area contributed by atoms with E-state index < -0.39 is 6.36 Å². The van der Waals surface area contributed by atoms with Crippen molar-refractivity contribution in [3.05, 3.63) is 24.3 Å². The number of anilines is 1. The minimum absolute atomic E-state index is 0.267. The highest BCUT2D eigenvalue weighted by molar-refractivity contribution is 7.80. The predicted octanol–water partition coefficient (Wildman–Crippen LogP) is 3.99. The lowest BCUT2D eigenvalue weighted by Crippen LogP contribution is -2.43. The number of ether oxygens (including phenoxy) is 1. The average Bonchev–Trinajstić information content (AvgIpc) is 2.43. The zero-order valence-corrected chi connectivity index (χ0v) is 15.1. The van der Waals surface area contributed by atoms with Crippen LogP contribution in [0.2, 0.25) is 0 Å². The van der Waals surface area contributed by atoms with Crippen molar-refractivity contribution in [2.24, 2.45) is 0 Å². The van der Waals surface area contributed by atoms with Crippen molar-refractivity contribution in [2.75, 3.05) is 18.4 Å². The second-order valence-corrected chi connectivity index (χ2v) is 6.29. The van der Waals surface area contributed by atoms with Gasteiger partial charge in [-0.15, -0.1) is 13.2 Å². The van der Waals surface area contributed by atoms with Gasteiger partial charge in [-0.3, -0.25) is 4.90 Å². The third-order valence-corrected chi connectivity index (χ3v) is 3.57. The monoisotopic (exact) mass is 363 g/mol. The number of nitrogens with zero attached hydrogens (tertiary/aromatic N) is 1. The van der Waals surface area contributed by atoms with E-state index in [1.807, 2.05) is 0 Å². The van der Waals surface area contributed by atoms with Gasteiger partial charge in [0.25, 0.3) is 0 Å². The van der Waals surface area contributed by atoms with Crippen LogP contribution in [0.1, 0.15) is 27.7 Å². The molecule has 0 spiro atoms. The van der Waals surface area contributed by atoms with Gasteiger partial charge in [0.1, 0.15) is 5.75 Å². The van der Waals surface area contributed by atoms with Gasteiger partial charge in [0, 0.05) is 30.9 Å². The summed E-state index contributed by atoms with van der Waals surface area (Å²) >= 11 is 5.19. The Bertz CT molecular complexity index is 510. The molecule has 1 aromatic carbocycles. The molecule has 0 bridgehead atoms. The molecule has 0 radical (unpaired) electrons. The zero-order chi connectivity index (χ0) is 18.3. The molecule has 0 unspecified atom stereocenters. The molecule has 8 heteroatoms. The molecule has 0 amide bonds. The van der Waals surface area contributed by atoms with E-state index >= 15 is 0 Å². The molecule has 0 heterocycles. The Morgan fingerprint density at radius 2 is 1.67 bits per heavy atom. The molecular weight excluding hydrogens is 339 g/mol. The van der Waals surface area contributed by atoms with E-state index in [2.05, 4.69) is 48.0 Å². The van der Waals surface area contributed by atoms with Gasteiger partial charge in [-0.1, -0.05) is 0 Å². The summed E-state index contributed by atoms with van der Waals surface area (Å²) in [5.41, 5.74) is 0.589. The van der Waals surface area contributed by atoms with Crippen LogP contribution in [-0.4, -0.2) is 41.5 Å². The lowest BCUT2D eigenvalue weighted by Gasteiger charge is -2.30. The van der Waals surface area contributed by atoms with E-state index in [4.69, 9.17) is 12.2 Å². The first-order chi connectivity index (χ1) is 11.1. The van der Waals surface area contributed by atoms with Crippen molar-refractivity contribution in [2.45, 2.75) is 46.1 Å². The molecule has 0 aliphatic rings. The summed E-state index contributed by atoms with van der Waals surface area (Å²) in [6, 6.07) is 6.30. The highest BCUT2D eigenvalue weighted by Gasteiger charge is 2.30. The van der Waals surface area contributed by atoms with Crippen molar-refractivity contribution in [3.63, 3.8) is 0 Å². The number of halogens is 3. The number of nitrogens with one attached hydrogen (secondary N) is 2. The number of alkyl halides is 3. The summed E-state index contributed by atoms with van der Waals surface area (Å²) < 4.78 is 40.1. The van der Waals surface area contributed by atoms with Crippen LogP contribution in [0.4, 0.5) is 18.9 Å². The van der Waals surface area contributed by atoms with Gasteiger partial charge >= 0.3 is 6.36 Å². The van der Waals surface area contributed by atoms with E-state index in [1.54, 1.807) is 0 Å². The fraction of sp³-hybridized carbons (Fsp3) is 0.562. The molecule has 0 aliphatic carbocycles. The van der Waals surface area contributed by atoms with Crippen molar-refractivity contribution in [3.8, 4) is 5.75 Å². The van der Waals surface area contributed by atoms with Gasteiger partial charge in [0.2, 0.25) is 0 Å². The number of benzene rings is 1. The molecule has 4 nitrogen and oxygen atoms in total. The first-order valence-electron chi connectivity index (χ1n) is 7.75. The maximum atomic E-state index is 12.1. The fourth-order valence-electron chi connectivity index (χ4n) is 2.33. The molecule has 0 fully saturated rings. The summed E-state index contributed by atoms with van der Waals surface area (Å²) in [6.45, 7) is 10.1. The van der Waals surface area contributed by atoms with E-state index in [0.717, 1.165) is 6.54 Å². The first kappa shape index (κ1) is 20.5. The van der Waals surface area contributed by atoms with Crippen LogP contribution in [0.3, 0.4) is 0 Å². The summed E-state index contributed by atoms with van der Waals surface area (Å²) in [4.78, 5) is 2.33. The van der Waals surface area contributed by atoms with Crippen LogP contribution in [-0.2, 0) is 0 Å². The second-order valence-electron chi connectivity index (χ2n) is 5.88. The molecule has 1 aromatic rings. The van der Waals surface area contributed by atoms with Gasteiger partial charge in [0.15, 0.2) is 5.11 Å². The minimum Gasteiger partial charge on any atom is -0.406 e. The Balaban J connectivity index is 2.42. The summed E-state index contributed by atoms with van der Waals surface area (Å²) in [7, 11) is 0. The van der Waals surface area contributed by atoms with Gasteiger partial charge in [0.05, 0.1) is 0 Å². The smallest absolute Gasteiger partial charge is 0.406 e. The molecule has 2 N–H and O–H groups in total. The summed E-state index contributed by atoms with van der Waals surface area (Å²) in [5.74, 6) is -0.267. The van der Waals surface area contributed by atoms with Crippen LogP contribution in [0.15, 0.2) is 24.3 Å². The Labute approximate surface area is 146 Å². The van der Waals surface area contributed by atoms with Crippen LogP contribution in [0.5, 0.6) is 5.75 Å². The van der Waals surface area contributed by atoms with E-state index in [-0.39, 0.29) is 5.75 Å². The number of thiocarbonyl (C=S) groups is 1. The zero-order valence-electron chi connectivity index (χ0n) is 14.3. The van der Waals surface area contributed by atoms with Gasteiger partial charge < -0.3 is 15.4 Å². The second kappa shape index (κ2) is 9.08. The molecule has 1 rings (SSSR count). The SMILES string of the molecule is CC(C)N(CCNC(=S)Nc1ccc(OC(F)(F)F)cc1)C(C)C. The Kier molecular flexibility index (Phi) is 7.75. The van der Waals surface area contributed by atoms with Gasteiger partial charge in [-0.05, 0) is 64.2 Å². The molecule has 0 atom stereocenters. The van der Waals surface area contributed by atoms with Crippen LogP contribution in [0.25, 0.3) is 0 Å². The Hall–Kier alpha value is -1.54. The van der Waals surface area contributed by atoms with Crippen LogP contribution >= 0.6 is 12.2 Å². The van der Waals surface area contributed by atoms with Crippen molar-refractivity contribution in [1.82, 2.24) is 10.2 Å². The molecule has 0 saturated heterocycles. The van der Waals surface area contributed by atoms with Crippen molar-refractivity contribution < 1.29 is 17.9 Å². The topological polar surface area (TPSA) is 36.5 Å². The predicted molar refractivity (Wildman–Crippen MR) is 94.3 cm³/mol. The normalized spacial score (nSPS) is 11.9. The van der Waals surface area contributed by atoms with Gasteiger partial charge in [-0.2, -0.15) is 0 Å². The maximum absolute atomic E-state index is 12.1.